The minimum atomic E-state index is -0.456. The number of fused-ring (bicyclic) bond motifs is 1. The summed E-state index contributed by atoms with van der Waals surface area (Å²) < 4.78 is 14.3. The molecule has 4 heterocycles. The number of carbonyl (C=O) groups excluding carboxylic acids is 1. The first kappa shape index (κ1) is 22.5. The van der Waals surface area contributed by atoms with Crippen molar-refractivity contribution in [2.75, 3.05) is 38.1 Å². The molecule has 2 saturated heterocycles. The Labute approximate surface area is 197 Å². The van der Waals surface area contributed by atoms with Gasteiger partial charge in [-0.3, -0.25) is 14.5 Å². The van der Waals surface area contributed by atoms with Crippen LogP contribution in [0, 0.1) is 5.82 Å². The summed E-state index contributed by atoms with van der Waals surface area (Å²) in [4.78, 5) is 40.8. The standard InChI is InChI=1S/C25H29FN6O2/c1-27-25(34)21-8-7-18(14-28-21)31-12-9-17(10-13-31)32-11-3-4-16(15-32)23-29-22-19(24(33)30-23)5-2-6-20(22)26/h2,5-8,14,16-17H,3-4,9-13,15H2,1H3,(H,27,34)(H,29,30,33). The zero-order chi connectivity index (χ0) is 23.7. The van der Waals surface area contributed by atoms with Crippen molar-refractivity contribution < 1.29 is 9.18 Å². The first-order valence-corrected chi connectivity index (χ1v) is 11.9. The highest BCUT2D eigenvalue weighted by Crippen LogP contribution is 2.30. The predicted molar refractivity (Wildman–Crippen MR) is 129 cm³/mol. The van der Waals surface area contributed by atoms with E-state index in [0.717, 1.165) is 57.5 Å². The van der Waals surface area contributed by atoms with Gasteiger partial charge >= 0.3 is 0 Å². The Kier molecular flexibility index (Phi) is 6.28. The molecule has 8 nitrogen and oxygen atoms in total. The number of hydrogen-bond acceptors (Lipinski definition) is 6. The summed E-state index contributed by atoms with van der Waals surface area (Å²) in [6.07, 6.45) is 5.78. The monoisotopic (exact) mass is 464 g/mol. The van der Waals surface area contributed by atoms with Crippen LogP contribution >= 0.6 is 0 Å². The number of carbonyl (C=O) groups is 1. The average Bonchev–Trinajstić information content (AvgIpc) is 2.89. The molecule has 0 saturated carbocycles. The van der Waals surface area contributed by atoms with Crippen molar-refractivity contribution in [2.45, 2.75) is 37.6 Å². The number of likely N-dealkylation sites (tertiary alicyclic amines) is 1. The summed E-state index contributed by atoms with van der Waals surface area (Å²) >= 11 is 0. The molecule has 3 aromatic rings. The molecular formula is C25H29FN6O2. The Morgan fingerprint density at radius 1 is 1.15 bits per heavy atom. The SMILES string of the molecule is CNC(=O)c1ccc(N2CCC(N3CCCC(c4nc5c(F)cccc5c(=O)[nH]4)C3)CC2)cn1. The van der Waals surface area contributed by atoms with Gasteiger partial charge in [-0.1, -0.05) is 6.07 Å². The lowest BCUT2D eigenvalue weighted by Gasteiger charge is -2.42. The number of para-hydroxylation sites is 1. The number of aromatic amines is 1. The fourth-order valence-corrected chi connectivity index (χ4v) is 5.22. The highest BCUT2D eigenvalue weighted by Gasteiger charge is 2.31. The van der Waals surface area contributed by atoms with Crippen molar-refractivity contribution in [1.29, 1.82) is 0 Å². The fourth-order valence-electron chi connectivity index (χ4n) is 5.22. The van der Waals surface area contributed by atoms with E-state index in [1.165, 1.54) is 12.1 Å². The van der Waals surface area contributed by atoms with Crippen LogP contribution in [0.4, 0.5) is 10.1 Å². The third-order valence-electron chi connectivity index (χ3n) is 7.10. The lowest BCUT2D eigenvalue weighted by Crippen LogP contribution is -2.48. The second-order valence-electron chi connectivity index (χ2n) is 9.12. The molecule has 1 atom stereocenters. The molecule has 2 fully saturated rings. The zero-order valence-corrected chi connectivity index (χ0v) is 19.3. The van der Waals surface area contributed by atoms with Crippen LogP contribution in [0.15, 0.2) is 41.3 Å². The normalized spacial score (nSPS) is 19.9. The van der Waals surface area contributed by atoms with Crippen LogP contribution in [0.5, 0.6) is 0 Å². The second kappa shape index (κ2) is 9.50. The molecule has 2 aromatic heterocycles. The van der Waals surface area contributed by atoms with Crippen molar-refractivity contribution in [1.82, 2.24) is 25.2 Å². The van der Waals surface area contributed by atoms with E-state index in [-0.39, 0.29) is 22.9 Å². The maximum atomic E-state index is 14.3. The molecule has 2 N–H and O–H groups in total. The number of halogens is 1. The Balaban J connectivity index is 1.24. The Bertz CT molecular complexity index is 1240. The van der Waals surface area contributed by atoms with Gasteiger partial charge in [0, 0.05) is 38.6 Å². The van der Waals surface area contributed by atoms with Crippen LogP contribution in [0.2, 0.25) is 0 Å². The number of amides is 1. The van der Waals surface area contributed by atoms with Crippen molar-refractivity contribution in [2.24, 2.45) is 0 Å². The van der Waals surface area contributed by atoms with Gasteiger partial charge in [0.2, 0.25) is 0 Å². The lowest BCUT2D eigenvalue weighted by atomic mass is 9.93. The van der Waals surface area contributed by atoms with Gasteiger partial charge < -0.3 is 15.2 Å². The molecule has 1 amide bonds. The van der Waals surface area contributed by atoms with E-state index < -0.39 is 5.82 Å². The molecule has 5 rings (SSSR count). The van der Waals surface area contributed by atoms with Crippen molar-refractivity contribution in [3.63, 3.8) is 0 Å². The minimum Gasteiger partial charge on any atom is -0.370 e. The van der Waals surface area contributed by atoms with Crippen LogP contribution < -0.4 is 15.8 Å². The van der Waals surface area contributed by atoms with E-state index in [4.69, 9.17) is 0 Å². The summed E-state index contributed by atoms with van der Waals surface area (Å²) in [6.45, 7) is 3.68. The predicted octanol–water partition coefficient (Wildman–Crippen LogP) is 2.67. The molecule has 34 heavy (non-hydrogen) atoms. The summed E-state index contributed by atoms with van der Waals surface area (Å²) in [5.41, 5.74) is 1.33. The third kappa shape index (κ3) is 4.40. The molecule has 2 aliphatic heterocycles. The molecule has 178 valence electrons. The molecule has 0 aliphatic carbocycles. The molecule has 0 radical (unpaired) electrons. The number of H-pyrrole nitrogens is 1. The maximum absolute atomic E-state index is 14.3. The Morgan fingerprint density at radius 3 is 2.71 bits per heavy atom. The van der Waals surface area contributed by atoms with Gasteiger partial charge in [-0.2, -0.15) is 0 Å². The number of anilines is 1. The fraction of sp³-hybridized carbons (Fsp3) is 0.440. The van der Waals surface area contributed by atoms with E-state index in [9.17, 15) is 14.0 Å². The summed E-state index contributed by atoms with van der Waals surface area (Å²) in [6, 6.07) is 8.67. The van der Waals surface area contributed by atoms with Crippen molar-refractivity contribution in [3.05, 3.63) is 64.2 Å². The van der Waals surface area contributed by atoms with Gasteiger partial charge in [0.25, 0.3) is 11.5 Å². The number of hydrogen-bond donors (Lipinski definition) is 2. The number of pyridine rings is 1. The van der Waals surface area contributed by atoms with Crippen molar-refractivity contribution in [3.8, 4) is 0 Å². The summed E-state index contributed by atoms with van der Waals surface area (Å²) in [5, 5.41) is 2.88. The van der Waals surface area contributed by atoms with Crippen LogP contribution in [0.25, 0.3) is 10.9 Å². The van der Waals surface area contributed by atoms with Crippen LogP contribution in [0.1, 0.15) is 47.9 Å². The van der Waals surface area contributed by atoms with Crippen molar-refractivity contribution >= 4 is 22.5 Å². The van der Waals surface area contributed by atoms with Crippen LogP contribution in [-0.2, 0) is 0 Å². The van der Waals surface area contributed by atoms with E-state index in [2.05, 4.69) is 30.1 Å². The topological polar surface area (TPSA) is 94.2 Å². The van der Waals surface area contributed by atoms with E-state index in [0.29, 0.717) is 22.9 Å². The minimum absolute atomic E-state index is 0.0879. The van der Waals surface area contributed by atoms with E-state index in [1.54, 1.807) is 25.4 Å². The number of nitrogens with zero attached hydrogens (tertiary/aromatic N) is 4. The van der Waals surface area contributed by atoms with Gasteiger partial charge in [-0.05, 0) is 56.5 Å². The lowest BCUT2D eigenvalue weighted by molar-refractivity contribution is 0.0958. The maximum Gasteiger partial charge on any atom is 0.269 e. The number of rotatable bonds is 4. The quantitative estimate of drug-likeness (QED) is 0.617. The zero-order valence-electron chi connectivity index (χ0n) is 19.3. The first-order valence-electron chi connectivity index (χ1n) is 11.9. The van der Waals surface area contributed by atoms with Gasteiger partial charge in [0.05, 0.1) is 17.3 Å². The Morgan fingerprint density at radius 2 is 1.97 bits per heavy atom. The van der Waals surface area contributed by atoms with E-state index in [1.807, 2.05) is 6.07 Å². The smallest absolute Gasteiger partial charge is 0.269 e. The molecule has 1 aromatic carbocycles. The number of benzene rings is 1. The van der Waals surface area contributed by atoms with Gasteiger partial charge in [0.1, 0.15) is 22.9 Å². The first-order chi connectivity index (χ1) is 16.5. The number of nitrogens with one attached hydrogen (secondary N) is 2. The molecule has 9 heteroatoms. The van der Waals surface area contributed by atoms with Crippen LogP contribution in [-0.4, -0.2) is 65.0 Å². The molecule has 0 bridgehead atoms. The average molecular weight is 465 g/mol. The summed E-state index contributed by atoms with van der Waals surface area (Å²) in [5.74, 6) is 0.0367. The number of aromatic nitrogens is 3. The number of piperidine rings is 2. The largest absolute Gasteiger partial charge is 0.370 e. The van der Waals surface area contributed by atoms with Gasteiger partial charge in [-0.25, -0.2) is 14.4 Å². The molecule has 0 spiro atoms. The van der Waals surface area contributed by atoms with Gasteiger partial charge in [0.15, 0.2) is 0 Å². The highest BCUT2D eigenvalue weighted by molar-refractivity contribution is 5.92. The second-order valence-corrected chi connectivity index (χ2v) is 9.12. The van der Waals surface area contributed by atoms with Gasteiger partial charge in [-0.15, -0.1) is 0 Å². The van der Waals surface area contributed by atoms with E-state index >= 15 is 0 Å². The summed E-state index contributed by atoms with van der Waals surface area (Å²) in [7, 11) is 1.60. The molecule has 2 aliphatic rings. The molecular weight excluding hydrogens is 435 g/mol. The highest BCUT2D eigenvalue weighted by atomic mass is 19.1. The Hall–Kier alpha value is -3.33. The van der Waals surface area contributed by atoms with Crippen LogP contribution in [0.3, 0.4) is 0 Å². The molecule has 1 unspecified atom stereocenters. The third-order valence-corrected chi connectivity index (χ3v) is 7.10.